The number of amides is 2. The molecule has 0 saturated carbocycles. The molecule has 0 aliphatic heterocycles. The van der Waals surface area contributed by atoms with Gasteiger partial charge >= 0.3 is 0 Å². The van der Waals surface area contributed by atoms with E-state index >= 15 is 0 Å². The van der Waals surface area contributed by atoms with Gasteiger partial charge in [-0.3, -0.25) is 14.4 Å². The summed E-state index contributed by atoms with van der Waals surface area (Å²) in [4.78, 5) is 46.2. The van der Waals surface area contributed by atoms with Crippen molar-refractivity contribution in [3.8, 4) is 10.6 Å². The molecular weight excluding hydrogens is 517 g/mol. The minimum Gasteiger partial charge on any atom is -0.350 e. The number of anilines is 1. The lowest BCUT2D eigenvalue weighted by Gasteiger charge is -2.13. The first kappa shape index (κ1) is 24.4. The van der Waals surface area contributed by atoms with Crippen LogP contribution in [-0.4, -0.2) is 32.9 Å². The molecule has 0 aliphatic carbocycles. The number of nitrogens with zero attached hydrogens (tertiary/aromatic N) is 2. The van der Waals surface area contributed by atoms with Crippen LogP contribution in [0.3, 0.4) is 0 Å². The van der Waals surface area contributed by atoms with Crippen LogP contribution in [-0.2, 0) is 6.54 Å². The summed E-state index contributed by atoms with van der Waals surface area (Å²) < 4.78 is 14.9. The van der Waals surface area contributed by atoms with Crippen molar-refractivity contribution in [3.63, 3.8) is 0 Å². The van der Waals surface area contributed by atoms with E-state index < -0.39 is 17.3 Å². The smallest absolute Gasteiger partial charge is 0.275 e. The van der Waals surface area contributed by atoms with E-state index in [1.807, 2.05) is 0 Å². The number of hydrogen-bond donors (Lipinski definition) is 3. The van der Waals surface area contributed by atoms with Crippen LogP contribution in [0.2, 0.25) is 5.02 Å². The summed E-state index contributed by atoms with van der Waals surface area (Å²) in [6.07, 6.45) is 1.27. The van der Waals surface area contributed by atoms with Gasteiger partial charge in [0.1, 0.15) is 16.9 Å². The predicted octanol–water partition coefficient (Wildman–Crippen LogP) is 4.93. The van der Waals surface area contributed by atoms with Crippen molar-refractivity contribution in [3.05, 3.63) is 105 Å². The number of carbonyl (C=O) groups is 2. The summed E-state index contributed by atoms with van der Waals surface area (Å²) in [6, 6.07) is 15.6. The summed E-state index contributed by atoms with van der Waals surface area (Å²) >= 11 is 7.84. The molecule has 3 aromatic heterocycles. The van der Waals surface area contributed by atoms with Gasteiger partial charge in [-0.05, 0) is 47.8 Å². The van der Waals surface area contributed by atoms with E-state index in [-0.39, 0.29) is 30.0 Å². The molecule has 0 fully saturated rings. The Hall–Kier alpha value is -4.28. The third kappa shape index (κ3) is 4.89. The van der Waals surface area contributed by atoms with E-state index in [1.54, 1.807) is 46.3 Å². The lowest BCUT2D eigenvalue weighted by Crippen LogP contribution is -2.28. The maximum absolute atomic E-state index is 13.2. The maximum Gasteiger partial charge on any atom is 0.275 e. The van der Waals surface area contributed by atoms with E-state index in [0.29, 0.717) is 32.4 Å². The minimum absolute atomic E-state index is 0.135. The molecule has 3 N–H and O–H groups in total. The Bertz CT molecular complexity index is 1660. The summed E-state index contributed by atoms with van der Waals surface area (Å²) in [5.41, 5.74) is 1.67. The first-order valence-electron chi connectivity index (χ1n) is 11.2. The number of benzene rings is 2. The highest BCUT2D eigenvalue weighted by Crippen LogP contribution is 2.42. The highest BCUT2D eigenvalue weighted by molar-refractivity contribution is 7.14. The van der Waals surface area contributed by atoms with Crippen LogP contribution in [0, 0.1) is 5.82 Å². The SMILES string of the molecule is O=C(NCCn1c(-c2sccc2Cl)c(NC(=O)c2ccccc2)c2nc[nH]c(=O)c21)c1ccc(F)cc1. The van der Waals surface area contributed by atoms with E-state index in [4.69, 9.17) is 11.6 Å². The average Bonchev–Trinajstić information content (AvgIpc) is 3.46. The second-order valence-electron chi connectivity index (χ2n) is 7.98. The van der Waals surface area contributed by atoms with Gasteiger partial charge in [0.05, 0.1) is 27.6 Å². The summed E-state index contributed by atoms with van der Waals surface area (Å²) in [7, 11) is 0. The molecule has 0 bridgehead atoms. The number of halogens is 2. The summed E-state index contributed by atoms with van der Waals surface area (Å²) in [5, 5.41) is 7.94. The van der Waals surface area contributed by atoms with Gasteiger partial charge in [0.2, 0.25) is 0 Å². The Morgan fingerprint density at radius 1 is 1.03 bits per heavy atom. The molecule has 11 heteroatoms. The Kier molecular flexibility index (Phi) is 6.85. The predicted molar refractivity (Wildman–Crippen MR) is 142 cm³/mol. The van der Waals surface area contributed by atoms with Gasteiger partial charge < -0.3 is 20.2 Å². The second-order valence-corrected chi connectivity index (χ2v) is 9.31. The van der Waals surface area contributed by atoms with Crippen LogP contribution >= 0.6 is 22.9 Å². The van der Waals surface area contributed by atoms with Crippen LogP contribution in [0.1, 0.15) is 20.7 Å². The quantitative estimate of drug-likeness (QED) is 0.274. The molecule has 5 aromatic rings. The van der Waals surface area contributed by atoms with Crippen LogP contribution in [0.25, 0.3) is 21.6 Å². The zero-order valence-corrected chi connectivity index (χ0v) is 20.7. The third-order valence-electron chi connectivity index (χ3n) is 5.68. The van der Waals surface area contributed by atoms with Crippen molar-refractivity contribution < 1.29 is 14.0 Å². The van der Waals surface area contributed by atoms with Crippen molar-refractivity contribution >= 4 is 51.5 Å². The number of thiophene rings is 1. The standard InChI is InChI=1S/C26H19ClFN5O3S/c27-18-10-13-37-23(18)21-20(32-25(35)15-4-2-1-3-5-15)19-22(26(36)31-14-30-19)33(21)12-11-29-24(34)16-6-8-17(28)9-7-16/h1-10,13-14H,11-12H2,(H,29,34)(H,32,35)(H,30,31,36). The molecule has 0 saturated heterocycles. The van der Waals surface area contributed by atoms with Gasteiger partial charge in [-0.1, -0.05) is 29.8 Å². The molecule has 2 aromatic carbocycles. The Labute approximate surface area is 218 Å². The fourth-order valence-corrected chi connectivity index (χ4v) is 5.19. The summed E-state index contributed by atoms with van der Waals surface area (Å²) in [6.45, 7) is 0.305. The number of rotatable bonds is 7. The molecule has 3 heterocycles. The van der Waals surface area contributed by atoms with Crippen molar-refractivity contribution in [2.45, 2.75) is 6.54 Å². The fraction of sp³-hybridized carbons (Fsp3) is 0.0769. The highest BCUT2D eigenvalue weighted by Gasteiger charge is 2.26. The average molecular weight is 536 g/mol. The van der Waals surface area contributed by atoms with Crippen molar-refractivity contribution in [1.82, 2.24) is 19.9 Å². The monoisotopic (exact) mass is 535 g/mol. The van der Waals surface area contributed by atoms with Gasteiger partial charge in [0.15, 0.2) is 0 Å². The Morgan fingerprint density at radius 3 is 2.46 bits per heavy atom. The number of hydrogen-bond acceptors (Lipinski definition) is 5. The molecule has 0 aliphatic rings. The number of aromatic nitrogens is 3. The van der Waals surface area contributed by atoms with Gasteiger partial charge in [-0.15, -0.1) is 11.3 Å². The number of H-pyrrole nitrogens is 1. The number of nitrogens with one attached hydrogen (secondary N) is 3. The molecule has 0 atom stereocenters. The molecule has 2 amide bonds. The van der Waals surface area contributed by atoms with Gasteiger partial charge in [0, 0.05) is 24.2 Å². The molecule has 8 nitrogen and oxygen atoms in total. The van der Waals surface area contributed by atoms with E-state index in [2.05, 4.69) is 20.6 Å². The maximum atomic E-state index is 13.2. The first-order valence-corrected chi connectivity index (χ1v) is 12.4. The normalized spacial score (nSPS) is 11.0. The highest BCUT2D eigenvalue weighted by atomic mass is 35.5. The molecular formula is C26H19ClFN5O3S. The lowest BCUT2D eigenvalue weighted by atomic mass is 10.2. The van der Waals surface area contributed by atoms with E-state index in [0.717, 1.165) is 0 Å². The van der Waals surface area contributed by atoms with Crippen molar-refractivity contribution in [2.75, 3.05) is 11.9 Å². The largest absolute Gasteiger partial charge is 0.350 e. The van der Waals surface area contributed by atoms with Crippen LogP contribution in [0.15, 0.2) is 77.2 Å². The molecule has 0 radical (unpaired) electrons. The first-order chi connectivity index (χ1) is 17.9. The lowest BCUT2D eigenvalue weighted by molar-refractivity contribution is 0.0951. The number of fused-ring (bicyclic) bond motifs is 1. The zero-order valence-electron chi connectivity index (χ0n) is 19.1. The summed E-state index contributed by atoms with van der Waals surface area (Å²) in [5.74, 6) is -1.21. The number of aromatic amines is 1. The molecule has 186 valence electrons. The van der Waals surface area contributed by atoms with Crippen molar-refractivity contribution in [2.24, 2.45) is 0 Å². The van der Waals surface area contributed by atoms with Crippen molar-refractivity contribution in [1.29, 1.82) is 0 Å². The fourth-order valence-electron chi connectivity index (χ4n) is 3.99. The molecule has 5 rings (SSSR count). The topological polar surface area (TPSA) is 109 Å². The van der Waals surface area contributed by atoms with Gasteiger partial charge in [0.25, 0.3) is 17.4 Å². The van der Waals surface area contributed by atoms with Crippen LogP contribution < -0.4 is 16.2 Å². The minimum atomic E-state index is -0.440. The molecule has 0 unspecified atom stereocenters. The second kappa shape index (κ2) is 10.4. The van der Waals surface area contributed by atoms with E-state index in [9.17, 15) is 18.8 Å². The molecule has 0 spiro atoms. The Balaban J connectivity index is 1.56. The van der Waals surface area contributed by atoms with Crippen LogP contribution in [0.4, 0.5) is 10.1 Å². The zero-order chi connectivity index (χ0) is 25.9. The molecule has 37 heavy (non-hydrogen) atoms. The van der Waals surface area contributed by atoms with Gasteiger partial charge in [-0.25, -0.2) is 9.37 Å². The van der Waals surface area contributed by atoms with Gasteiger partial charge in [-0.2, -0.15) is 0 Å². The van der Waals surface area contributed by atoms with E-state index in [1.165, 1.54) is 41.9 Å². The number of carbonyl (C=O) groups excluding carboxylic acids is 2. The van der Waals surface area contributed by atoms with Crippen LogP contribution in [0.5, 0.6) is 0 Å². The third-order valence-corrected chi connectivity index (χ3v) is 7.02. The Morgan fingerprint density at radius 2 is 1.76 bits per heavy atom.